The largest absolute Gasteiger partial charge is 0.357 e. The average molecular weight is 393 g/mol. The van der Waals surface area contributed by atoms with Crippen LogP contribution in [0, 0.1) is 0 Å². The number of hydrogen-bond donors (Lipinski definition) is 2. The Hall–Kier alpha value is -3.37. The van der Waals surface area contributed by atoms with Gasteiger partial charge in [-0.15, -0.1) is 0 Å². The minimum absolute atomic E-state index is 0.0181. The first-order valence-electron chi connectivity index (χ1n) is 10.5. The molecule has 2 aliphatic rings. The van der Waals surface area contributed by atoms with Gasteiger partial charge < -0.3 is 9.88 Å². The summed E-state index contributed by atoms with van der Waals surface area (Å²) in [5, 5.41) is 4.93. The molecule has 3 atom stereocenters. The summed E-state index contributed by atoms with van der Waals surface area (Å²) in [6, 6.07) is 28.9. The molecule has 0 bridgehead atoms. The molecule has 0 saturated carbocycles. The number of H-pyrrole nitrogens is 1. The van der Waals surface area contributed by atoms with Gasteiger partial charge in [-0.3, -0.25) is 10.1 Å². The molecule has 3 heterocycles. The highest BCUT2D eigenvalue weighted by atomic mass is 16.2. The van der Waals surface area contributed by atoms with Crippen molar-refractivity contribution >= 4 is 16.8 Å². The number of nitrogens with zero attached hydrogens (tertiary/aromatic N) is 1. The first-order valence-corrected chi connectivity index (χ1v) is 10.5. The van der Waals surface area contributed by atoms with Gasteiger partial charge >= 0.3 is 0 Å². The Morgan fingerprint density at radius 1 is 0.867 bits per heavy atom. The molecular formula is C26H23N3O. The van der Waals surface area contributed by atoms with Crippen molar-refractivity contribution in [2.45, 2.75) is 24.5 Å². The maximum absolute atomic E-state index is 13.4. The van der Waals surface area contributed by atoms with E-state index < -0.39 is 0 Å². The fourth-order valence-corrected chi connectivity index (χ4v) is 5.18. The number of carbonyl (C=O) groups excluding carboxylic acids is 1. The smallest absolute Gasteiger partial charge is 0.240 e. The fraction of sp³-hybridized carbons (Fsp3) is 0.192. The number of hydrogen-bond acceptors (Lipinski definition) is 2. The fourth-order valence-electron chi connectivity index (χ4n) is 5.18. The Morgan fingerprint density at radius 3 is 2.37 bits per heavy atom. The molecule has 1 saturated heterocycles. The summed E-state index contributed by atoms with van der Waals surface area (Å²) in [6.45, 7) is 1.39. The van der Waals surface area contributed by atoms with Crippen molar-refractivity contribution in [2.75, 3.05) is 6.54 Å². The van der Waals surface area contributed by atoms with Crippen molar-refractivity contribution in [3.8, 4) is 0 Å². The van der Waals surface area contributed by atoms with Crippen LogP contribution < -0.4 is 5.32 Å². The number of amides is 1. The lowest BCUT2D eigenvalue weighted by Crippen LogP contribution is -2.45. The number of likely N-dealkylation sites (tertiary alicyclic amines) is 1. The lowest BCUT2D eigenvalue weighted by molar-refractivity contribution is -0.130. The van der Waals surface area contributed by atoms with Gasteiger partial charge in [-0.1, -0.05) is 78.9 Å². The molecule has 2 aliphatic heterocycles. The number of para-hydroxylation sites is 1. The van der Waals surface area contributed by atoms with E-state index in [1.54, 1.807) is 0 Å². The van der Waals surface area contributed by atoms with Crippen LogP contribution in [0.5, 0.6) is 0 Å². The highest BCUT2D eigenvalue weighted by Crippen LogP contribution is 2.44. The number of aromatic amines is 1. The van der Waals surface area contributed by atoms with E-state index in [-0.39, 0.29) is 23.9 Å². The van der Waals surface area contributed by atoms with Gasteiger partial charge in [0.1, 0.15) is 0 Å². The lowest BCUT2D eigenvalue weighted by atomic mass is 9.83. The van der Waals surface area contributed by atoms with Gasteiger partial charge in [0.05, 0.1) is 12.1 Å². The van der Waals surface area contributed by atoms with Crippen molar-refractivity contribution < 1.29 is 4.79 Å². The van der Waals surface area contributed by atoms with Crippen LogP contribution in [0.2, 0.25) is 0 Å². The van der Waals surface area contributed by atoms with Crippen molar-refractivity contribution in [3.63, 3.8) is 0 Å². The van der Waals surface area contributed by atoms with Crippen molar-refractivity contribution in [3.05, 3.63) is 107 Å². The lowest BCUT2D eigenvalue weighted by Gasteiger charge is -2.32. The van der Waals surface area contributed by atoms with E-state index in [0.717, 1.165) is 12.1 Å². The molecule has 2 N–H and O–H groups in total. The Balaban J connectivity index is 1.45. The molecule has 30 heavy (non-hydrogen) atoms. The van der Waals surface area contributed by atoms with Crippen LogP contribution in [-0.2, 0) is 11.3 Å². The molecule has 148 valence electrons. The summed E-state index contributed by atoms with van der Waals surface area (Å²) < 4.78 is 0. The molecular weight excluding hydrogens is 370 g/mol. The van der Waals surface area contributed by atoms with E-state index in [9.17, 15) is 4.79 Å². The van der Waals surface area contributed by atoms with Gasteiger partial charge in [0, 0.05) is 35.6 Å². The van der Waals surface area contributed by atoms with Crippen molar-refractivity contribution in [1.82, 2.24) is 15.2 Å². The summed E-state index contributed by atoms with van der Waals surface area (Å²) in [7, 11) is 0. The monoisotopic (exact) mass is 393 g/mol. The minimum atomic E-state index is -0.203. The van der Waals surface area contributed by atoms with Crippen molar-refractivity contribution in [1.29, 1.82) is 0 Å². The third-order valence-electron chi connectivity index (χ3n) is 6.53. The van der Waals surface area contributed by atoms with E-state index in [1.165, 1.54) is 27.8 Å². The number of carbonyl (C=O) groups is 1. The van der Waals surface area contributed by atoms with Crippen LogP contribution in [0.1, 0.15) is 34.3 Å². The summed E-state index contributed by atoms with van der Waals surface area (Å²) in [5.74, 6) is 0.341. The zero-order valence-electron chi connectivity index (χ0n) is 16.6. The van der Waals surface area contributed by atoms with Gasteiger partial charge in [-0.05, 0) is 22.8 Å². The summed E-state index contributed by atoms with van der Waals surface area (Å²) in [6.07, 6.45) is 0. The van der Waals surface area contributed by atoms with Gasteiger partial charge in [-0.25, -0.2) is 0 Å². The summed E-state index contributed by atoms with van der Waals surface area (Å²) >= 11 is 0. The Bertz CT molecular complexity index is 1220. The molecule has 3 aromatic carbocycles. The summed E-state index contributed by atoms with van der Waals surface area (Å²) in [4.78, 5) is 19.1. The van der Waals surface area contributed by atoms with Gasteiger partial charge in [0.15, 0.2) is 0 Å². The second kappa shape index (κ2) is 6.85. The number of rotatable bonds is 3. The standard InChI is InChI=1S/C26H23N3O/c30-26-24-20(16-29(26)15-17-9-3-1-4-10-17)22-19-13-7-8-14-21(19)27-25(22)23(28-24)18-11-5-2-6-12-18/h1-14,20,23-24,27-28H,15-16H2/t20-,23+,24+/m1/s1. The normalized spacial score (nSPS) is 22.9. The Labute approximate surface area is 175 Å². The van der Waals surface area contributed by atoms with Crippen LogP contribution >= 0.6 is 0 Å². The van der Waals surface area contributed by atoms with Crippen LogP contribution in [-0.4, -0.2) is 28.4 Å². The van der Waals surface area contributed by atoms with Crippen LogP contribution in [0.25, 0.3) is 10.9 Å². The molecule has 1 fully saturated rings. The van der Waals surface area contributed by atoms with Gasteiger partial charge in [0.25, 0.3) is 0 Å². The molecule has 6 rings (SSSR count). The van der Waals surface area contributed by atoms with E-state index in [4.69, 9.17) is 0 Å². The third kappa shape index (κ3) is 2.68. The highest BCUT2D eigenvalue weighted by Gasteiger charge is 2.48. The topological polar surface area (TPSA) is 48.1 Å². The van der Waals surface area contributed by atoms with Crippen LogP contribution in [0.4, 0.5) is 0 Å². The van der Waals surface area contributed by atoms with E-state index in [1.807, 2.05) is 29.2 Å². The zero-order chi connectivity index (χ0) is 20.1. The van der Waals surface area contributed by atoms with E-state index >= 15 is 0 Å². The van der Waals surface area contributed by atoms with Crippen LogP contribution in [0.3, 0.4) is 0 Å². The predicted octanol–water partition coefficient (Wildman–Crippen LogP) is 4.36. The van der Waals surface area contributed by atoms with Crippen LogP contribution in [0.15, 0.2) is 84.9 Å². The zero-order valence-corrected chi connectivity index (χ0v) is 16.6. The van der Waals surface area contributed by atoms with E-state index in [0.29, 0.717) is 6.54 Å². The number of aromatic nitrogens is 1. The summed E-state index contributed by atoms with van der Waals surface area (Å²) in [5.41, 5.74) is 5.98. The molecule has 0 aliphatic carbocycles. The average Bonchev–Trinajstić information content (AvgIpc) is 3.33. The Morgan fingerprint density at radius 2 is 1.57 bits per heavy atom. The van der Waals surface area contributed by atoms with Gasteiger partial charge in [-0.2, -0.15) is 0 Å². The molecule has 4 nitrogen and oxygen atoms in total. The maximum Gasteiger partial charge on any atom is 0.240 e. The Kier molecular flexibility index (Phi) is 3.99. The molecule has 1 aromatic heterocycles. The van der Waals surface area contributed by atoms with Gasteiger partial charge in [0.2, 0.25) is 5.91 Å². The predicted molar refractivity (Wildman–Crippen MR) is 118 cm³/mol. The first kappa shape index (κ1) is 17.5. The molecule has 1 amide bonds. The number of benzene rings is 3. The molecule has 0 spiro atoms. The van der Waals surface area contributed by atoms with E-state index in [2.05, 4.69) is 71.0 Å². The number of fused-ring (bicyclic) bond motifs is 5. The molecule has 0 radical (unpaired) electrons. The highest BCUT2D eigenvalue weighted by molar-refractivity contribution is 5.92. The molecule has 4 aromatic rings. The second-order valence-corrected chi connectivity index (χ2v) is 8.30. The maximum atomic E-state index is 13.4. The SMILES string of the molecule is O=C1[C@H]2N[C@@H](c3ccccc3)c3[nH]c4ccccc4c3[C@H]2CN1Cc1ccccc1. The quantitative estimate of drug-likeness (QED) is 0.543. The third-order valence-corrected chi connectivity index (χ3v) is 6.53. The van der Waals surface area contributed by atoms with Crippen molar-refractivity contribution in [2.24, 2.45) is 0 Å². The first-order chi connectivity index (χ1) is 14.8. The minimum Gasteiger partial charge on any atom is -0.357 e. The molecule has 4 heteroatoms. The molecule has 0 unspecified atom stereocenters. The number of nitrogens with one attached hydrogen (secondary N) is 2. The second-order valence-electron chi connectivity index (χ2n) is 8.30.